The third-order valence-electron chi connectivity index (χ3n) is 5.18. The first-order valence-electron chi connectivity index (χ1n) is 8.76. The number of hydrogen-bond donors (Lipinski definition) is 2. The lowest BCUT2D eigenvalue weighted by Crippen LogP contribution is -2.40. The van der Waals surface area contributed by atoms with E-state index in [0.29, 0.717) is 0 Å². The second-order valence-corrected chi connectivity index (χ2v) is 6.83. The number of rotatable bonds is 7. The van der Waals surface area contributed by atoms with Gasteiger partial charge in [0, 0.05) is 44.9 Å². The summed E-state index contributed by atoms with van der Waals surface area (Å²) in [5, 5.41) is 13.0. The maximum absolute atomic E-state index is 9.51. The Labute approximate surface area is 143 Å². The van der Waals surface area contributed by atoms with Gasteiger partial charge < -0.3 is 24.8 Å². The molecule has 2 aliphatic heterocycles. The fraction of sp³-hybridized carbons (Fsp3) is 0.765. The quantitative estimate of drug-likeness (QED) is 0.777. The van der Waals surface area contributed by atoms with E-state index in [9.17, 15) is 5.11 Å². The molecule has 24 heavy (non-hydrogen) atoms. The van der Waals surface area contributed by atoms with Gasteiger partial charge in [-0.05, 0) is 25.7 Å². The molecule has 7 nitrogen and oxygen atoms in total. The summed E-state index contributed by atoms with van der Waals surface area (Å²) >= 11 is 0. The van der Waals surface area contributed by atoms with Gasteiger partial charge in [0.15, 0.2) is 0 Å². The second-order valence-electron chi connectivity index (χ2n) is 6.83. The molecular weight excluding hydrogens is 308 g/mol. The van der Waals surface area contributed by atoms with Crippen molar-refractivity contribution in [1.29, 1.82) is 0 Å². The summed E-state index contributed by atoms with van der Waals surface area (Å²) in [7, 11) is 1.75. The Kier molecular flexibility index (Phi) is 5.86. The lowest BCUT2D eigenvalue weighted by atomic mass is 9.81. The summed E-state index contributed by atoms with van der Waals surface area (Å²) in [5.74, 6) is 1.71. The predicted octanol–water partition coefficient (Wildman–Crippen LogP) is 1.29. The maximum atomic E-state index is 9.51. The van der Waals surface area contributed by atoms with Crippen LogP contribution in [0.1, 0.15) is 25.7 Å². The Morgan fingerprint density at radius 3 is 3.00 bits per heavy atom. The zero-order valence-electron chi connectivity index (χ0n) is 14.4. The number of aliphatic hydroxyl groups is 1. The summed E-state index contributed by atoms with van der Waals surface area (Å²) in [5.41, 5.74) is 0.0966. The normalized spacial score (nSPS) is 23.4. The molecule has 0 amide bonds. The summed E-state index contributed by atoms with van der Waals surface area (Å²) in [6, 6.07) is 2.15. The van der Waals surface area contributed by atoms with Gasteiger partial charge in [-0.15, -0.1) is 0 Å². The van der Waals surface area contributed by atoms with Gasteiger partial charge in [-0.3, -0.25) is 0 Å². The Bertz CT molecular complexity index is 517. The summed E-state index contributed by atoms with van der Waals surface area (Å²) in [4.78, 5) is 10.9. The zero-order chi connectivity index (χ0) is 16.8. The fourth-order valence-electron chi connectivity index (χ4n) is 3.69. The van der Waals surface area contributed by atoms with Crippen LogP contribution in [0.5, 0.6) is 0 Å². The fourth-order valence-corrected chi connectivity index (χ4v) is 3.69. The standard InChI is InChI=1S/C17H28N4O3/c1-23-12-17(4-7-24-8-5-17)11-18-15-9-16(20-13-19-15)21-6-2-3-14(21)10-22/h9,13-14,22H,2-8,10-12H2,1H3,(H,18,19,20). The average Bonchev–Trinajstić information content (AvgIpc) is 3.10. The van der Waals surface area contributed by atoms with Crippen LogP contribution in [-0.2, 0) is 9.47 Å². The van der Waals surface area contributed by atoms with Crippen molar-refractivity contribution < 1.29 is 14.6 Å². The van der Waals surface area contributed by atoms with E-state index >= 15 is 0 Å². The number of nitrogens with one attached hydrogen (secondary N) is 1. The SMILES string of the molecule is COCC1(CNc2cc(N3CCCC3CO)ncn2)CCOCC1. The number of methoxy groups -OCH3 is 1. The van der Waals surface area contributed by atoms with E-state index in [1.807, 2.05) is 6.07 Å². The lowest BCUT2D eigenvalue weighted by Gasteiger charge is -2.36. The van der Waals surface area contributed by atoms with E-state index in [0.717, 1.165) is 70.2 Å². The average molecular weight is 336 g/mol. The van der Waals surface area contributed by atoms with Crippen molar-refractivity contribution in [2.45, 2.75) is 31.7 Å². The van der Waals surface area contributed by atoms with Crippen molar-refractivity contribution >= 4 is 11.6 Å². The molecule has 0 aromatic carbocycles. The van der Waals surface area contributed by atoms with Gasteiger partial charge in [0.2, 0.25) is 0 Å². The van der Waals surface area contributed by atoms with E-state index in [4.69, 9.17) is 9.47 Å². The van der Waals surface area contributed by atoms with Gasteiger partial charge in [-0.1, -0.05) is 0 Å². The summed E-state index contributed by atoms with van der Waals surface area (Å²) in [6.45, 7) is 4.21. The molecule has 3 rings (SSSR count). The van der Waals surface area contributed by atoms with Crippen molar-refractivity contribution in [2.24, 2.45) is 5.41 Å². The van der Waals surface area contributed by atoms with Gasteiger partial charge in [0.1, 0.15) is 18.0 Å². The molecule has 0 saturated carbocycles. The van der Waals surface area contributed by atoms with Crippen molar-refractivity contribution in [3.05, 3.63) is 12.4 Å². The van der Waals surface area contributed by atoms with Crippen LogP contribution in [0.3, 0.4) is 0 Å². The van der Waals surface area contributed by atoms with Gasteiger partial charge in [-0.25, -0.2) is 9.97 Å². The van der Waals surface area contributed by atoms with Crippen LogP contribution in [0.4, 0.5) is 11.6 Å². The van der Waals surface area contributed by atoms with Crippen molar-refractivity contribution in [1.82, 2.24) is 9.97 Å². The number of nitrogens with zero attached hydrogens (tertiary/aromatic N) is 3. The summed E-state index contributed by atoms with van der Waals surface area (Å²) < 4.78 is 10.9. The molecule has 0 aliphatic carbocycles. The smallest absolute Gasteiger partial charge is 0.134 e. The summed E-state index contributed by atoms with van der Waals surface area (Å²) in [6.07, 6.45) is 5.68. The van der Waals surface area contributed by atoms with Crippen molar-refractivity contribution in [2.75, 3.05) is 56.8 Å². The molecule has 3 heterocycles. The van der Waals surface area contributed by atoms with Crippen LogP contribution in [0.25, 0.3) is 0 Å². The monoisotopic (exact) mass is 336 g/mol. The molecule has 134 valence electrons. The maximum Gasteiger partial charge on any atom is 0.134 e. The molecular formula is C17H28N4O3. The molecule has 1 aromatic heterocycles. The lowest BCUT2D eigenvalue weighted by molar-refractivity contribution is -0.0204. The number of anilines is 2. The highest BCUT2D eigenvalue weighted by Crippen LogP contribution is 2.31. The van der Waals surface area contributed by atoms with Gasteiger partial charge in [-0.2, -0.15) is 0 Å². The minimum Gasteiger partial charge on any atom is -0.394 e. The highest BCUT2D eigenvalue weighted by molar-refractivity contribution is 5.50. The van der Waals surface area contributed by atoms with Crippen LogP contribution in [0.2, 0.25) is 0 Å². The third-order valence-corrected chi connectivity index (χ3v) is 5.18. The molecule has 1 aromatic rings. The molecule has 2 aliphatic rings. The van der Waals surface area contributed by atoms with Crippen molar-refractivity contribution in [3.63, 3.8) is 0 Å². The Balaban J connectivity index is 1.65. The first kappa shape index (κ1) is 17.4. The minimum atomic E-state index is 0.0966. The van der Waals surface area contributed by atoms with E-state index in [-0.39, 0.29) is 18.1 Å². The van der Waals surface area contributed by atoms with E-state index in [1.165, 1.54) is 0 Å². The zero-order valence-corrected chi connectivity index (χ0v) is 14.4. The Morgan fingerprint density at radius 1 is 1.42 bits per heavy atom. The molecule has 0 bridgehead atoms. The number of aliphatic hydroxyl groups excluding tert-OH is 1. The molecule has 1 atom stereocenters. The molecule has 2 fully saturated rings. The van der Waals surface area contributed by atoms with Crippen molar-refractivity contribution in [3.8, 4) is 0 Å². The highest BCUT2D eigenvalue weighted by atomic mass is 16.5. The Morgan fingerprint density at radius 2 is 2.25 bits per heavy atom. The van der Waals surface area contributed by atoms with E-state index in [1.54, 1.807) is 13.4 Å². The highest BCUT2D eigenvalue weighted by Gasteiger charge is 2.33. The molecule has 0 spiro atoms. The molecule has 2 N–H and O–H groups in total. The van der Waals surface area contributed by atoms with Crippen LogP contribution >= 0.6 is 0 Å². The first-order valence-corrected chi connectivity index (χ1v) is 8.76. The topological polar surface area (TPSA) is 79.7 Å². The first-order chi connectivity index (χ1) is 11.8. The molecule has 0 radical (unpaired) electrons. The number of aromatic nitrogens is 2. The van der Waals surface area contributed by atoms with E-state index in [2.05, 4.69) is 20.2 Å². The second kappa shape index (κ2) is 8.09. The van der Waals surface area contributed by atoms with Gasteiger partial charge >= 0.3 is 0 Å². The van der Waals surface area contributed by atoms with Crippen LogP contribution in [0.15, 0.2) is 12.4 Å². The molecule has 2 saturated heterocycles. The Hall–Kier alpha value is -1.44. The minimum absolute atomic E-state index is 0.0966. The van der Waals surface area contributed by atoms with Gasteiger partial charge in [0.25, 0.3) is 0 Å². The van der Waals surface area contributed by atoms with Crippen LogP contribution < -0.4 is 10.2 Å². The number of ether oxygens (including phenoxy) is 2. The van der Waals surface area contributed by atoms with Crippen LogP contribution in [-0.4, -0.2) is 67.7 Å². The molecule has 7 heteroatoms. The largest absolute Gasteiger partial charge is 0.394 e. The third kappa shape index (κ3) is 3.96. The van der Waals surface area contributed by atoms with Crippen LogP contribution in [0, 0.1) is 5.41 Å². The van der Waals surface area contributed by atoms with Gasteiger partial charge in [0.05, 0.1) is 19.3 Å². The molecule has 1 unspecified atom stereocenters. The van der Waals surface area contributed by atoms with E-state index < -0.39 is 0 Å². The number of hydrogen-bond acceptors (Lipinski definition) is 7. The predicted molar refractivity (Wildman–Crippen MR) is 92.3 cm³/mol.